The van der Waals surface area contributed by atoms with E-state index in [4.69, 9.17) is 9.39 Å². The first-order valence-corrected chi connectivity index (χ1v) is 4.05. The van der Waals surface area contributed by atoms with Gasteiger partial charge in [0.15, 0.2) is 0 Å². The lowest BCUT2D eigenvalue weighted by Gasteiger charge is -2.24. The summed E-state index contributed by atoms with van der Waals surface area (Å²) >= 11 is 0. The average Bonchev–Trinajstić information content (AvgIpc) is 1.98. The predicted octanol–water partition coefficient (Wildman–Crippen LogP) is 1.58. The van der Waals surface area contributed by atoms with Crippen LogP contribution >= 0.6 is 0 Å². The van der Waals surface area contributed by atoms with Crippen molar-refractivity contribution in [2.45, 2.75) is 19.7 Å². The number of hydrogen-bond acceptors (Lipinski definition) is 3. The molecule has 0 unspecified atom stereocenters. The molecule has 0 N–H and O–H groups in total. The first-order valence-electron chi connectivity index (χ1n) is 4.05. The molecule has 0 rings (SSSR count). The van der Waals surface area contributed by atoms with Gasteiger partial charge in [0.2, 0.25) is 0 Å². The molecule has 0 fully saturated rings. The number of methoxy groups -OCH3 is 1. The Labute approximate surface area is 75.5 Å². The van der Waals surface area contributed by atoms with Crippen molar-refractivity contribution in [2.75, 3.05) is 21.2 Å². The Morgan fingerprint density at radius 1 is 1.42 bits per heavy atom. The molecular weight excluding hydrogens is 153 g/mol. The minimum Gasteiger partial charge on any atom is -0.520 e. The van der Waals surface area contributed by atoms with Crippen LogP contribution < -0.4 is 0 Å². The monoisotopic (exact) mass is 171 g/mol. The summed E-state index contributed by atoms with van der Waals surface area (Å²) in [5, 5.41) is 0. The van der Waals surface area contributed by atoms with E-state index in [0.29, 0.717) is 11.8 Å². The number of nitrogens with zero attached hydrogens (tertiary/aromatic N) is 1. The molecule has 0 atom stereocenters. The molecule has 0 aliphatic rings. The van der Waals surface area contributed by atoms with Crippen molar-refractivity contribution in [1.82, 2.24) is 4.81 Å². The Morgan fingerprint density at radius 3 is 2.17 bits per heavy atom. The topological polar surface area (TPSA) is 21.7 Å². The van der Waals surface area contributed by atoms with E-state index >= 15 is 0 Å². The molecule has 70 valence electrons. The molecule has 0 aliphatic carbocycles. The van der Waals surface area contributed by atoms with E-state index in [0.717, 1.165) is 0 Å². The van der Waals surface area contributed by atoms with Crippen molar-refractivity contribution in [3.05, 3.63) is 12.5 Å². The SMILES string of the molecule is C=C(OC)OB(C(C)C)N(C)C. The molecule has 0 spiro atoms. The normalized spacial score (nSPS) is 10.2. The third kappa shape index (κ3) is 3.67. The van der Waals surface area contributed by atoms with Gasteiger partial charge in [-0.05, 0) is 26.5 Å². The molecule has 0 saturated carbocycles. The van der Waals surface area contributed by atoms with E-state index in [1.807, 2.05) is 18.9 Å². The maximum absolute atomic E-state index is 5.43. The molecule has 0 saturated heterocycles. The molecule has 0 amide bonds. The third-order valence-corrected chi connectivity index (χ3v) is 1.56. The average molecular weight is 171 g/mol. The van der Waals surface area contributed by atoms with Crippen LogP contribution in [0.25, 0.3) is 0 Å². The van der Waals surface area contributed by atoms with Gasteiger partial charge in [-0.2, -0.15) is 0 Å². The van der Waals surface area contributed by atoms with Gasteiger partial charge < -0.3 is 14.2 Å². The van der Waals surface area contributed by atoms with Crippen molar-refractivity contribution in [3.63, 3.8) is 0 Å². The van der Waals surface area contributed by atoms with Crippen molar-refractivity contribution >= 4 is 7.05 Å². The zero-order valence-electron chi connectivity index (χ0n) is 8.63. The summed E-state index contributed by atoms with van der Waals surface area (Å²) in [4.78, 5) is 1.99. The predicted molar refractivity (Wildman–Crippen MR) is 51.8 cm³/mol. The van der Waals surface area contributed by atoms with Gasteiger partial charge in [-0.15, -0.1) is 0 Å². The largest absolute Gasteiger partial charge is 0.520 e. The van der Waals surface area contributed by atoms with E-state index < -0.39 is 0 Å². The fraction of sp³-hybridized carbons (Fsp3) is 0.750. The highest BCUT2D eigenvalue weighted by molar-refractivity contribution is 6.50. The van der Waals surface area contributed by atoms with E-state index in [-0.39, 0.29) is 7.05 Å². The third-order valence-electron chi connectivity index (χ3n) is 1.56. The van der Waals surface area contributed by atoms with E-state index in [9.17, 15) is 0 Å². The molecule has 0 aromatic heterocycles. The van der Waals surface area contributed by atoms with Crippen molar-refractivity contribution < 1.29 is 9.39 Å². The first-order chi connectivity index (χ1) is 5.49. The Balaban J connectivity index is 4.05. The fourth-order valence-electron chi connectivity index (χ4n) is 1.02. The van der Waals surface area contributed by atoms with E-state index in [2.05, 4.69) is 20.4 Å². The maximum atomic E-state index is 5.43. The number of hydrogen-bond donors (Lipinski definition) is 0. The van der Waals surface area contributed by atoms with Crippen molar-refractivity contribution in [3.8, 4) is 0 Å². The highest BCUT2D eigenvalue weighted by Crippen LogP contribution is 2.13. The zero-order chi connectivity index (χ0) is 9.72. The van der Waals surface area contributed by atoms with Gasteiger partial charge in [0.25, 0.3) is 5.95 Å². The minimum atomic E-state index is 0.0254. The van der Waals surface area contributed by atoms with Crippen molar-refractivity contribution in [1.29, 1.82) is 0 Å². The van der Waals surface area contributed by atoms with Crippen LogP contribution in [-0.4, -0.2) is 33.1 Å². The highest BCUT2D eigenvalue weighted by atomic mass is 16.6. The van der Waals surface area contributed by atoms with Crippen LogP contribution in [0, 0.1) is 0 Å². The molecule has 0 radical (unpaired) electrons. The maximum Gasteiger partial charge on any atom is 0.453 e. The summed E-state index contributed by atoms with van der Waals surface area (Å²) in [6, 6.07) is 0. The van der Waals surface area contributed by atoms with E-state index in [1.54, 1.807) is 7.11 Å². The standard InChI is InChI=1S/C8H18BNO2/c1-7(2)9(10(4)5)12-8(3)11-6/h7H,3H2,1-2,4-6H3. The van der Waals surface area contributed by atoms with Crippen LogP contribution in [0.4, 0.5) is 0 Å². The van der Waals surface area contributed by atoms with Gasteiger partial charge in [-0.1, -0.05) is 13.8 Å². The van der Waals surface area contributed by atoms with Crippen LogP contribution in [0.15, 0.2) is 12.5 Å². The van der Waals surface area contributed by atoms with Gasteiger partial charge >= 0.3 is 7.05 Å². The molecule has 0 aliphatic heterocycles. The summed E-state index contributed by atoms with van der Waals surface area (Å²) in [6.07, 6.45) is 0. The second-order valence-electron chi connectivity index (χ2n) is 3.29. The molecule has 0 bridgehead atoms. The Morgan fingerprint density at radius 2 is 1.92 bits per heavy atom. The Hall–Kier alpha value is -0.635. The fourth-order valence-corrected chi connectivity index (χ4v) is 1.02. The van der Waals surface area contributed by atoms with Gasteiger partial charge in [-0.25, -0.2) is 0 Å². The van der Waals surface area contributed by atoms with Crippen molar-refractivity contribution in [2.24, 2.45) is 0 Å². The summed E-state index contributed by atoms with van der Waals surface area (Å²) in [5.74, 6) is 0.772. The lowest BCUT2D eigenvalue weighted by atomic mass is 9.68. The van der Waals surface area contributed by atoms with Gasteiger partial charge in [0.1, 0.15) is 0 Å². The number of rotatable bonds is 5. The van der Waals surface area contributed by atoms with Crippen LogP contribution in [0.2, 0.25) is 5.82 Å². The minimum absolute atomic E-state index is 0.0254. The molecule has 3 nitrogen and oxygen atoms in total. The summed E-state index contributed by atoms with van der Waals surface area (Å²) in [7, 11) is 5.51. The summed E-state index contributed by atoms with van der Waals surface area (Å²) < 4.78 is 10.3. The van der Waals surface area contributed by atoms with Crippen LogP contribution in [0.1, 0.15) is 13.8 Å². The molecule has 0 aromatic carbocycles. The second-order valence-corrected chi connectivity index (χ2v) is 3.29. The van der Waals surface area contributed by atoms with Gasteiger partial charge in [0.05, 0.1) is 7.11 Å². The van der Waals surface area contributed by atoms with Gasteiger partial charge in [0, 0.05) is 0 Å². The molecular formula is C8H18BNO2. The zero-order valence-corrected chi connectivity index (χ0v) is 8.63. The lowest BCUT2D eigenvalue weighted by Crippen LogP contribution is -2.38. The lowest BCUT2D eigenvalue weighted by molar-refractivity contribution is 0.141. The molecule has 12 heavy (non-hydrogen) atoms. The smallest absolute Gasteiger partial charge is 0.453 e. The van der Waals surface area contributed by atoms with E-state index in [1.165, 1.54) is 0 Å². The highest BCUT2D eigenvalue weighted by Gasteiger charge is 2.26. The molecule has 0 heterocycles. The van der Waals surface area contributed by atoms with Gasteiger partial charge in [-0.3, -0.25) is 0 Å². The van der Waals surface area contributed by atoms with Crippen LogP contribution in [0.5, 0.6) is 0 Å². The number of ether oxygens (including phenoxy) is 1. The summed E-state index contributed by atoms with van der Waals surface area (Å²) in [5.41, 5.74) is 0. The molecule has 0 aromatic rings. The summed E-state index contributed by atoms with van der Waals surface area (Å²) in [6.45, 7) is 7.79. The first kappa shape index (κ1) is 11.4. The molecule has 4 heteroatoms. The Kier molecular flexibility index (Phi) is 4.82. The second kappa shape index (κ2) is 5.09. The quantitative estimate of drug-likeness (QED) is 0.463. The van der Waals surface area contributed by atoms with Crippen LogP contribution in [-0.2, 0) is 9.39 Å². The van der Waals surface area contributed by atoms with Crippen LogP contribution in [0.3, 0.4) is 0 Å². The Bertz CT molecular complexity index is 140.